The van der Waals surface area contributed by atoms with Crippen LogP contribution < -0.4 is 16.0 Å². The highest BCUT2D eigenvalue weighted by molar-refractivity contribution is 5.90. The van der Waals surface area contributed by atoms with Crippen molar-refractivity contribution in [2.45, 2.75) is 40.3 Å². The van der Waals surface area contributed by atoms with Gasteiger partial charge in [0, 0.05) is 25.2 Å². The third kappa shape index (κ3) is 7.78. The number of nitrogens with one attached hydrogen (secondary N) is 3. The molecule has 150 valence electrons. The van der Waals surface area contributed by atoms with Crippen LogP contribution in [0.4, 0.5) is 10.1 Å². The molecule has 1 amide bonds. The Bertz CT molecular complexity index is 787. The Morgan fingerprint density at radius 2 is 1.82 bits per heavy atom. The molecule has 0 aromatic heterocycles. The van der Waals surface area contributed by atoms with E-state index in [4.69, 9.17) is 0 Å². The number of nitrogens with zero attached hydrogens (tertiary/aromatic N) is 1. The van der Waals surface area contributed by atoms with Crippen LogP contribution in [0, 0.1) is 11.7 Å². The number of benzene rings is 2. The summed E-state index contributed by atoms with van der Waals surface area (Å²) in [6.45, 7) is 7.81. The molecule has 0 radical (unpaired) electrons. The van der Waals surface area contributed by atoms with Crippen molar-refractivity contribution in [3.8, 4) is 0 Å². The molecule has 0 bridgehead atoms. The molecule has 2 aromatic carbocycles. The Morgan fingerprint density at radius 3 is 2.50 bits per heavy atom. The molecule has 6 heteroatoms. The van der Waals surface area contributed by atoms with Gasteiger partial charge in [0.15, 0.2) is 5.96 Å². The van der Waals surface area contributed by atoms with Crippen molar-refractivity contribution in [3.05, 3.63) is 65.5 Å². The molecule has 5 nitrogen and oxygen atoms in total. The topological polar surface area (TPSA) is 65.5 Å². The van der Waals surface area contributed by atoms with Gasteiger partial charge >= 0.3 is 0 Å². The minimum atomic E-state index is -0.246. The lowest BCUT2D eigenvalue weighted by atomic mass is 10.1. The highest BCUT2D eigenvalue weighted by Gasteiger charge is 2.06. The van der Waals surface area contributed by atoms with Crippen LogP contribution in [0.5, 0.6) is 0 Å². The molecule has 2 aromatic rings. The normalized spacial score (nSPS) is 11.4. The van der Waals surface area contributed by atoms with Gasteiger partial charge in [-0.05, 0) is 48.2 Å². The first-order valence-electron chi connectivity index (χ1n) is 9.61. The summed E-state index contributed by atoms with van der Waals surface area (Å²) < 4.78 is 13.0. The molecular formula is C22H29FN4O. The average Bonchev–Trinajstić information content (AvgIpc) is 2.65. The second-order valence-electron chi connectivity index (χ2n) is 7.02. The molecule has 28 heavy (non-hydrogen) atoms. The lowest BCUT2D eigenvalue weighted by Crippen LogP contribution is -2.36. The Balaban J connectivity index is 1.96. The predicted octanol–water partition coefficient (Wildman–Crippen LogP) is 4.07. The van der Waals surface area contributed by atoms with Gasteiger partial charge in [-0.1, -0.05) is 38.1 Å². The van der Waals surface area contributed by atoms with Crippen LogP contribution in [-0.4, -0.2) is 18.4 Å². The van der Waals surface area contributed by atoms with Gasteiger partial charge in [-0.2, -0.15) is 0 Å². The Kier molecular flexibility index (Phi) is 8.46. The molecule has 0 spiro atoms. The monoisotopic (exact) mass is 384 g/mol. The largest absolute Gasteiger partial charge is 0.357 e. The van der Waals surface area contributed by atoms with Gasteiger partial charge in [0.2, 0.25) is 5.91 Å². The molecule has 0 aliphatic heterocycles. The van der Waals surface area contributed by atoms with E-state index >= 15 is 0 Å². The molecule has 0 unspecified atom stereocenters. The summed E-state index contributed by atoms with van der Waals surface area (Å²) in [5, 5.41) is 9.37. The molecule has 2 rings (SSSR count). The van der Waals surface area contributed by atoms with Crippen LogP contribution in [0.2, 0.25) is 0 Å². The minimum absolute atomic E-state index is 0.0185. The van der Waals surface area contributed by atoms with E-state index in [2.05, 4.69) is 20.9 Å². The van der Waals surface area contributed by atoms with Crippen molar-refractivity contribution >= 4 is 17.6 Å². The molecule has 3 N–H and O–H groups in total. The zero-order valence-electron chi connectivity index (χ0n) is 16.8. The Hall–Kier alpha value is -2.89. The van der Waals surface area contributed by atoms with Crippen LogP contribution in [0.1, 0.15) is 38.3 Å². The van der Waals surface area contributed by atoms with Crippen LogP contribution in [0.3, 0.4) is 0 Å². The number of anilines is 1. The fraction of sp³-hybridized carbons (Fsp3) is 0.364. The van der Waals surface area contributed by atoms with Gasteiger partial charge in [0.1, 0.15) is 5.82 Å². The number of aliphatic imine (C=N–C) groups is 1. The summed E-state index contributed by atoms with van der Waals surface area (Å²) in [7, 11) is 0. The van der Waals surface area contributed by atoms with E-state index in [9.17, 15) is 9.18 Å². The van der Waals surface area contributed by atoms with Crippen LogP contribution in [0.25, 0.3) is 0 Å². The van der Waals surface area contributed by atoms with Gasteiger partial charge in [0.25, 0.3) is 0 Å². The van der Waals surface area contributed by atoms with Crippen molar-refractivity contribution in [1.29, 1.82) is 0 Å². The zero-order chi connectivity index (χ0) is 20.4. The molecule has 0 aliphatic rings. The molecular weight excluding hydrogens is 355 g/mol. The number of carbonyl (C=O) groups is 1. The Labute approximate surface area is 166 Å². The summed E-state index contributed by atoms with van der Waals surface area (Å²) in [4.78, 5) is 16.5. The quantitative estimate of drug-likeness (QED) is 0.475. The molecule has 0 heterocycles. The van der Waals surface area contributed by atoms with Gasteiger partial charge < -0.3 is 16.0 Å². The SMILES string of the molecule is CCNC(=NCc1cccc(NC(=O)CC(C)C)c1)NCc1ccc(F)cc1. The third-order valence-corrected chi connectivity index (χ3v) is 3.94. The van der Waals surface area contributed by atoms with Crippen molar-refractivity contribution in [3.63, 3.8) is 0 Å². The summed E-state index contributed by atoms with van der Waals surface area (Å²) in [6, 6.07) is 14.1. The second kappa shape index (κ2) is 11.1. The van der Waals surface area contributed by atoms with Gasteiger partial charge in [-0.3, -0.25) is 4.79 Å². The number of carbonyl (C=O) groups excluding carboxylic acids is 1. The van der Waals surface area contributed by atoms with E-state index < -0.39 is 0 Å². The van der Waals surface area contributed by atoms with Gasteiger partial charge in [-0.25, -0.2) is 9.38 Å². The number of guanidine groups is 1. The average molecular weight is 384 g/mol. The number of hydrogen-bond donors (Lipinski definition) is 3. The van der Waals surface area contributed by atoms with E-state index in [0.29, 0.717) is 31.4 Å². The summed E-state index contributed by atoms with van der Waals surface area (Å²) >= 11 is 0. The Morgan fingerprint density at radius 1 is 1.07 bits per heavy atom. The standard InChI is InChI=1S/C22H29FN4O/c1-4-24-22(25-14-17-8-10-19(23)11-9-17)26-15-18-6-5-7-20(13-18)27-21(28)12-16(2)3/h5-11,13,16H,4,12,14-15H2,1-3H3,(H,27,28)(H2,24,25,26). The fourth-order valence-corrected chi connectivity index (χ4v) is 2.63. The van der Waals surface area contributed by atoms with Gasteiger partial charge in [-0.15, -0.1) is 0 Å². The van der Waals surface area contributed by atoms with Crippen LogP contribution in [-0.2, 0) is 17.9 Å². The highest BCUT2D eigenvalue weighted by atomic mass is 19.1. The molecule has 0 aliphatic carbocycles. The molecule has 0 saturated heterocycles. The van der Waals surface area contributed by atoms with Crippen LogP contribution in [0.15, 0.2) is 53.5 Å². The highest BCUT2D eigenvalue weighted by Crippen LogP contribution is 2.13. The maximum atomic E-state index is 13.0. The zero-order valence-corrected chi connectivity index (χ0v) is 16.8. The predicted molar refractivity (Wildman–Crippen MR) is 113 cm³/mol. The maximum absolute atomic E-state index is 13.0. The summed E-state index contributed by atoms with van der Waals surface area (Å²) in [6.07, 6.45) is 0.500. The second-order valence-corrected chi connectivity index (χ2v) is 7.02. The van der Waals surface area contributed by atoms with E-state index in [0.717, 1.165) is 23.4 Å². The molecule has 0 atom stereocenters. The first-order chi connectivity index (χ1) is 13.5. The molecule has 0 fully saturated rings. The fourth-order valence-electron chi connectivity index (χ4n) is 2.63. The van der Waals surface area contributed by atoms with E-state index in [-0.39, 0.29) is 11.7 Å². The van der Waals surface area contributed by atoms with Crippen LogP contribution >= 0.6 is 0 Å². The van der Waals surface area contributed by atoms with Crippen molar-refractivity contribution in [1.82, 2.24) is 10.6 Å². The van der Waals surface area contributed by atoms with Crippen molar-refractivity contribution in [2.75, 3.05) is 11.9 Å². The third-order valence-electron chi connectivity index (χ3n) is 3.94. The smallest absolute Gasteiger partial charge is 0.224 e. The summed E-state index contributed by atoms with van der Waals surface area (Å²) in [5.74, 6) is 0.776. The number of rotatable bonds is 8. The van der Waals surface area contributed by atoms with E-state index in [1.807, 2.05) is 45.0 Å². The maximum Gasteiger partial charge on any atom is 0.224 e. The molecule has 0 saturated carbocycles. The number of halogens is 1. The van der Waals surface area contributed by atoms with Crippen molar-refractivity contribution < 1.29 is 9.18 Å². The van der Waals surface area contributed by atoms with Gasteiger partial charge in [0.05, 0.1) is 6.54 Å². The first-order valence-corrected chi connectivity index (χ1v) is 9.61. The van der Waals surface area contributed by atoms with Crippen molar-refractivity contribution in [2.24, 2.45) is 10.9 Å². The van der Waals surface area contributed by atoms with E-state index in [1.165, 1.54) is 12.1 Å². The van der Waals surface area contributed by atoms with E-state index in [1.54, 1.807) is 12.1 Å². The minimum Gasteiger partial charge on any atom is -0.357 e. The lowest BCUT2D eigenvalue weighted by molar-refractivity contribution is -0.116. The summed E-state index contributed by atoms with van der Waals surface area (Å²) in [5.41, 5.74) is 2.76. The number of hydrogen-bond acceptors (Lipinski definition) is 2. The first kappa shape index (κ1) is 21.4. The number of amides is 1. The lowest BCUT2D eigenvalue weighted by Gasteiger charge is -2.12.